The predicted molar refractivity (Wildman–Crippen MR) is 49.6 cm³/mol. The smallest absolute Gasteiger partial charge is 0.161 e. The van der Waals surface area contributed by atoms with Crippen LogP contribution in [-0.4, -0.2) is 16.3 Å². The van der Waals surface area contributed by atoms with E-state index in [1.54, 1.807) is 6.07 Å². The molecule has 0 radical (unpaired) electrons. The maximum Gasteiger partial charge on any atom is 0.161 e. The van der Waals surface area contributed by atoms with E-state index < -0.39 is 0 Å². The zero-order valence-electron chi connectivity index (χ0n) is 7.33. The third-order valence-electron chi connectivity index (χ3n) is 2.26. The highest BCUT2D eigenvalue weighted by atomic mass is 16.3. The Labute approximate surface area is 77.0 Å². The Morgan fingerprint density at radius 2 is 2.08 bits per heavy atom. The summed E-state index contributed by atoms with van der Waals surface area (Å²) in [5.41, 5.74) is 0.756. The van der Waals surface area contributed by atoms with Crippen LogP contribution in [0.1, 0.15) is 18.4 Å². The normalized spacial score (nSPS) is 16.0. The molecule has 1 aromatic carbocycles. The summed E-state index contributed by atoms with van der Waals surface area (Å²) in [4.78, 5) is 0. The molecule has 1 fully saturated rings. The third kappa shape index (κ3) is 1.92. The molecule has 0 amide bonds. The summed E-state index contributed by atoms with van der Waals surface area (Å²) in [5, 5.41) is 21.9. The van der Waals surface area contributed by atoms with Crippen LogP contribution in [0.2, 0.25) is 0 Å². The van der Waals surface area contributed by atoms with Crippen molar-refractivity contribution in [3.05, 3.63) is 23.8 Å². The molecule has 1 aliphatic rings. The zero-order valence-corrected chi connectivity index (χ0v) is 7.33. The zero-order chi connectivity index (χ0) is 9.26. The van der Waals surface area contributed by atoms with Gasteiger partial charge in [0.25, 0.3) is 0 Å². The molecule has 0 bridgehead atoms. The molecule has 1 aromatic rings. The van der Waals surface area contributed by atoms with Crippen LogP contribution in [0.5, 0.6) is 11.5 Å². The molecule has 0 unspecified atom stereocenters. The van der Waals surface area contributed by atoms with Gasteiger partial charge >= 0.3 is 0 Å². The molecule has 13 heavy (non-hydrogen) atoms. The monoisotopic (exact) mass is 179 g/mol. The van der Waals surface area contributed by atoms with Gasteiger partial charge in [0.1, 0.15) is 0 Å². The van der Waals surface area contributed by atoms with Gasteiger partial charge in [-0.2, -0.15) is 0 Å². The van der Waals surface area contributed by atoms with Crippen molar-refractivity contribution in [2.45, 2.75) is 25.4 Å². The van der Waals surface area contributed by atoms with Gasteiger partial charge in [-0.05, 0) is 18.9 Å². The van der Waals surface area contributed by atoms with Gasteiger partial charge in [-0.25, -0.2) is 0 Å². The number of benzene rings is 1. The first-order valence-corrected chi connectivity index (χ1v) is 4.50. The molecule has 2 rings (SSSR count). The van der Waals surface area contributed by atoms with Gasteiger partial charge in [0.2, 0.25) is 0 Å². The lowest BCUT2D eigenvalue weighted by Gasteiger charge is -2.06. The molecule has 3 heteroatoms. The highest BCUT2D eigenvalue weighted by Crippen LogP contribution is 2.29. The Bertz CT molecular complexity index is 308. The van der Waals surface area contributed by atoms with Crippen molar-refractivity contribution in [3.8, 4) is 11.5 Å². The van der Waals surface area contributed by atoms with Crippen LogP contribution < -0.4 is 5.32 Å². The van der Waals surface area contributed by atoms with Gasteiger partial charge in [0, 0.05) is 18.2 Å². The quantitative estimate of drug-likeness (QED) is 0.614. The number of para-hydroxylation sites is 1. The molecule has 3 nitrogen and oxygen atoms in total. The van der Waals surface area contributed by atoms with Crippen LogP contribution in [0.15, 0.2) is 18.2 Å². The Morgan fingerprint density at radius 3 is 2.77 bits per heavy atom. The molecule has 3 N–H and O–H groups in total. The van der Waals surface area contributed by atoms with E-state index in [-0.39, 0.29) is 11.5 Å². The van der Waals surface area contributed by atoms with Crippen molar-refractivity contribution >= 4 is 0 Å². The molecule has 0 spiro atoms. The van der Waals surface area contributed by atoms with Gasteiger partial charge in [-0.3, -0.25) is 0 Å². The molecule has 0 saturated heterocycles. The number of aromatic hydroxyl groups is 2. The fourth-order valence-corrected chi connectivity index (χ4v) is 1.26. The average Bonchev–Trinajstić information content (AvgIpc) is 2.91. The van der Waals surface area contributed by atoms with Crippen LogP contribution in [0, 0.1) is 0 Å². The first-order chi connectivity index (χ1) is 6.27. The van der Waals surface area contributed by atoms with Crippen LogP contribution in [-0.2, 0) is 6.54 Å². The van der Waals surface area contributed by atoms with Crippen LogP contribution in [0.3, 0.4) is 0 Å². The van der Waals surface area contributed by atoms with E-state index in [9.17, 15) is 10.2 Å². The maximum atomic E-state index is 9.44. The van der Waals surface area contributed by atoms with E-state index in [1.165, 1.54) is 18.9 Å². The summed E-state index contributed by atoms with van der Waals surface area (Å²) in [6, 6.07) is 5.64. The van der Waals surface area contributed by atoms with E-state index >= 15 is 0 Å². The van der Waals surface area contributed by atoms with E-state index in [0.29, 0.717) is 12.6 Å². The average molecular weight is 179 g/mol. The lowest BCUT2D eigenvalue weighted by Crippen LogP contribution is -2.15. The second-order valence-corrected chi connectivity index (χ2v) is 3.44. The largest absolute Gasteiger partial charge is 0.504 e. The lowest BCUT2D eigenvalue weighted by atomic mass is 10.2. The second-order valence-electron chi connectivity index (χ2n) is 3.44. The van der Waals surface area contributed by atoms with E-state index in [4.69, 9.17) is 0 Å². The lowest BCUT2D eigenvalue weighted by molar-refractivity contribution is 0.397. The summed E-state index contributed by atoms with van der Waals surface area (Å²) >= 11 is 0. The Kier molecular flexibility index (Phi) is 2.10. The van der Waals surface area contributed by atoms with Gasteiger partial charge in [-0.1, -0.05) is 12.1 Å². The summed E-state index contributed by atoms with van der Waals surface area (Å²) in [6.07, 6.45) is 2.44. The molecular formula is C10H13NO2. The van der Waals surface area contributed by atoms with E-state index in [2.05, 4.69) is 5.32 Å². The molecule has 0 aromatic heterocycles. The molecule has 0 aliphatic heterocycles. The van der Waals surface area contributed by atoms with Gasteiger partial charge < -0.3 is 15.5 Å². The van der Waals surface area contributed by atoms with Crippen LogP contribution in [0.4, 0.5) is 0 Å². The highest BCUT2D eigenvalue weighted by Gasteiger charge is 2.20. The fourth-order valence-electron chi connectivity index (χ4n) is 1.26. The van der Waals surface area contributed by atoms with Crippen molar-refractivity contribution in [2.24, 2.45) is 0 Å². The molecule has 1 aliphatic carbocycles. The van der Waals surface area contributed by atoms with Crippen molar-refractivity contribution in [1.82, 2.24) is 5.32 Å². The van der Waals surface area contributed by atoms with Gasteiger partial charge in [-0.15, -0.1) is 0 Å². The number of hydrogen-bond acceptors (Lipinski definition) is 3. The van der Waals surface area contributed by atoms with Crippen LogP contribution in [0.25, 0.3) is 0 Å². The van der Waals surface area contributed by atoms with Crippen molar-refractivity contribution in [3.63, 3.8) is 0 Å². The number of hydrogen-bond donors (Lipinski definition) is 3. The Morgan fingerprint density at radius 1 is 1.31 bits per heavy atom. The summed E-state index contributed by atoms with van der Waals surface area (Å²) < 4.78 is 0. The molecule has 1 saturated carbocycles. The Balaban J connectivity index is 2.05. The van der Waals surface area contributed by atoms with E-state index in [0.717, 1.165) is 5.56 Å². The first-order valence-electron chi connectivity index (χ1n) is 4.50. The minimum atomic E-state index is -0.0462. The van der Waals surface area contributed by atoms with Gasteiger partial charge in [0.05, 0.1) is 0 Å². The van der Waals surface area contributed by atoms with Crippen LogP contribution >= 0.6 is 0 Å². The molecule has 0 heterocycles. The van der Waals surface area contributed by atoms with Gasteiger partial charge in [0.15, 0.2) is 11.5 Å². The minimum absolute atomic E-state index is 0.00403. The molecular weight excluding hydrogens is 166 g/mol. The number of phenols is 2. The fraction of sp³-hybridized carbons (Fsp3) is 0.400. The van der Waals surface area contributed by atoms with Crippen molar-refractivity contribution in [2.75, 3.05) is 0 Å². The second kappa shape index (κ2) is 3.26. The van der Waals surface area contributed by atoms with Crippen molar-refractivity contribution in [1.29, 1.82) is 0 Å². The summed E-state index contributed by atoms with van der Waals surface area (Å²) in [6.45, 7) is 0.630. The summed E-state index contributed by atoms with van der Waals surface area (Å²) in [5.74, 6) is -0.0502. The predicted octanol–water partition coefficient (Wildman–Crippen LogP) is 1.35. The topological polar surface area (TPSA) is 52.5 Å². The third-order valence-corrected chi connectivity index (χ3v) is 2.26. The molecule has 0 atom stereocenters. The minimum Gasteiger partial charge on any atom is -0.504 e. The van der Waals surface area contributed by atoms with E-state index in [1.807, 2.05) is 6.07 Å². The number of nitrogens with one attached hydrogen (secondary N) is 1. The standard InChI is InChI=1S/C10H13NO2/c12-9-3-1-2-7(10(9)13)6-11-8-4-5-8/h1-3,8,11-13H,4-6H2. The highest BCUT2D eigenvalue weighted by molar-refractivity contribution is 5.44. The van der Waals surface area contributed by atoms with Crippen molar-refractivity contribution < 1.29 is 10.2 Å². The Hall–Kier alpha value is -1.22. The first kappa shape index (κ1) is 8.38. The SMILES string of the molecule is Oc1cccc(CNC2CC2)c1O. The number of phenolic OH excluding ortho intramolecular Hbond substituents is 2. The molecule has 70 valence electrons. The maximum absolute atomic E-state index is 9.44. The number of rotatable bonds is 3. The summed E-state index contributed by atoms with van der Waals surface area (Å²) in [7, 11) is 0.